The Bertz CT molecular complexity index is 646. The zero-order valence-corrected chi connectivity index (χ0v) is 11.0. The molecule has 0 bridgehead atoms. The number of aromatic amines is 1. The predicted octanol–water partition coefficient (Wildman–Crippen LogP) is 2.87. The van der Waals surface area contributed by atoms with Crippen LogP contribution in [0, 0.1) is 0 Å². The summed E-state index contributed by atoms with van der Waals surface area (Å²) in [6, 6.07) is 6.82. The Morgan fingerprint density at radius 1 is 1.26 bits per heavy atom. The standard InChI is InChI=1S/C14H12ClNO3/c1-2-19-14(18)12-8-16-7-11(13(12)17)9-3-5-10(15)6-4-9/h3-8H,2H2,1H3,(H,16,17). The van der Waals surface area contributed by atoms with E-state index in [-0.39, 0.29) is 17.6 Å². The number of H-pyrrole nitrogens is 1. The Morgan fingerprint density at radius 2 is 1.95 bits per heavy atom. The molecule has 2 aromatic rings. The maximum atomic E-state index is 12.2. The highest BCUT2D eigenvalue weighted by atomic mass is 35.5. The van der Waals surface area contributed by atoms with Gasteiger partial charge >= 0.3 is 5.97 Å². The van der Waals surface area contributed by atoms with Crippen molar-refractivity contribution < 1.29 is 9.53 Å². The zero-order chi connectivity index (χ0) is 13.8. The van der Waals surface area contributed by atoms with Crippen molar-refractivity contribution in [3.05, 3.63) is 57.5 Å². The minimum absolute atomic E-state index is 0.00528. The van der Waals surface area contributed by atoms with Crippen LogP contribution in [0.3, 0.4) is 0 Å². The van der Waals surface area contributed by atoms with Gasteiger partial charge in [-0.05, 0) is 24.6 Å². The van der Waals surface area contributed by atoms with Crippen LogP contribution >= 0.6 is 11.6 Å². The molecule has 19 heavy (non-hydrogen) atoms. The Labute approximate surface area is 115 Å². The number of halogens is 1. The Kier molecular flexibility index (Phi) is 4.02. The number of ether oxygens (including phenoxy) is 1. The number of pyridine rings is 1. The molecule has 0 radical (unpaired) electrons. The third-order valence-corrected chi connectivity index (χ3v) is 2.85. The van der Waals surface area contributed by atoms with E-state index in [1.54, 1.807) is 37.4 Å². The lowest BCUT2D eigenvalue weighted by atomic mass is 10.1. The summed E-state index contributed by atoms with van der Waals surface area (Å²) in [5, 5.41) is 0.585. The molecule has 0 saturated carbocycles. The van der Waals surface area contributed by atoms with E-state index in [9.17, 15) is 9.59 Å². The first-order valence-electron chi connectivity index (χ1n) is 5.77. The number of hydrogen-bond acceptors (Lipinski definition) is 3. The molecular weight excluding hydrogens is 266 g/mol. The van der Waals surface area contributed by atoms with Gasteiger partial charge in [-0.1, -0.05) is 23.7 Å². The largest absolute Gasteiger partial charge is 0.462 e. The summed E-state index contributed by atoms with van der Waals surface area (Å²) < 4.78 is 4.84. The fourth-order valence-electron chi connectivity index (χ4n) is 1.69. The zero-order valence-electron chi connectivity index (χ0n) is 10.3. The van der Waals surface area contributed by atoms with Crippen molar-refractivity contribution in [2.45, 2.75) is 6.92 Å². The van der Waals surface area contributed by atoms with Gasteiger partial charge < -0.3 is 9.72 Å². The van der Waals surface area contributed by atoms with E-state index in [0.29, 0.717) is 16.1 Å². The molecule has 0 atom stereocenters. The molecule has 1 heterocycles. The first-order valence-corrected chi connectivity index (χ1v) is 6.15. The fourth-order valence-corrected chi connectivity index (χ4v) is 1.81. The minimum atomic E-state index is -0.625. The Balaban J connectivity index is 2.48. The highest BCUT2D eigenvalue weighted by Gasteiger charge is 2.14. The summed E-state index contributed by atoms with van der Waals surface area (Å²) in [6.45, 7) is 1.92. The van der Waals surface area contributed by atoms with E-state index in [1.165, 1.54) is 6.20 Å². The molecule has 98 valence electrons. The van der Waals surface area contributed by atoms with Crippen molar-refractivity contribution in [1.29, 1.82) is 0 Å². The molecule has 0 aliphatic carbocycles. The number of nitrogens with one attached hydrogen (secondary N) is 1. The monoisotopic (exact) mass is 277 g/mol. The van der Waals surface area contributed by atoms with Crippen molar-refractivity contribution in [2.75, 3.05) is 6.61 Å². The summed E-state index contributed by atoms with van der Waals surface area (Å²) in [5.74, 6) is -0.625. The second-order valence-corrected chi connectivity index (χ2v) is 4.28. The summed E-state index contributed by atoms with van der Waals surface area (Å²) in [7, 11) is 0. The van der Waals surface area contributed by atoms with Crippen LogP contribution in [0.15, 0.2) is 41.5 Å². The van der Waals surface area contributed by atoms with Crippen LogP contribution in [0.2, 0.25) is 5.02 Å². The second kappa shape index (κ2) is 5.71. The van der Waals surface area contributed by atoms with Crippen molar-refractivity contribution in [2.24, 2.45) is 0 Å². The van der Waals surface area contributed by atoms with Gasteiger partial charge in [0.15, 0.2) is 0 Å². The molecule has 0 aliphatic heterocycles. The van der Waals surface area contributed by atoms with E-state index in [2.05, 4.69) is 4.98 Å². The smallest absolute Gasteiger partial charge is 0.343 e. The summed E-state index contributed by atoms with van der Waals surface area (Å²) in [4.78, 5) is 26.6. The molecule has 4 nitrogen and oxygen atoms in total. The summed E-state index contributed by atoms with van der Waals surface area (Å²) >= 11 is 5.80. The van der Waals surface area contributed by atoms with E-state index >= 15 is 0 Å². The fraction of sp³-hybridized carbons (Fsp3) is 0.143. The van der Waals surface area contributed by atoms with Gasteiger partial charge in [0.25, 0.3) is 0 Å². The van der Waals surface area contributed by atoms with E-state index in [4.69, 9.17) is 16.3 Å². The van der Waals surface area contributed by atoms with Gasteiger partial charge in [0.05, 0.1) is 6.61 Å². The minimum Gasteiger partial charge on any atom is -0.462 e. The average Bonchev–Trinajstić information content (AvgIpc) is 2.40. The van der Waals surface area contributed by atoms with Crippen LogP contribution < -0.4 is 5.43 Å². The van der Waals surface area contributed by atoms with Gasteiger partial charge in [-0.25, -0.2) is 4.79 Å². The molecule has 0 fully saturated rings. The lowest BCUT2D eigenvalue weighted by molar-refractivity contribution is 0.0524. The number of benzene rings is 1. The molecule has 1 aromatic heterocycles. The van der Waals surface area contributed by atoms with Crippen LogP contribution in [-0.2, 0) is 4.74 Å². The summed E-state index contributed by atoms with van der Waals surface area (Å²) in [5.41, 5.74) is 0.729. The predicted molar refractivity (Wildman–Crippen MR) is 73.5 cm³/mol. The maximum absolute atomic E-state index is 12.2. The molecule has 0 unspecified atom stereocenters. The van der Waals surface area contributed by atoms with Gasteiger partial charge in [-0.15, -0.1) is 0 Å². The molecule has 1 aromatic carbocycles. The number of aromatic nitrogens is 1. The van der Waals surface area contributed by atoms with Crippen molar-refractivity contribution in [1.82, 2.24) is 4.98 Å². The molecule has 5 heteroatoms. The summed E-state index contributed by atoms with van der Waals surface area (Å²) in [6.07, 6.45) is 2.90. The molecule has 0 amide bonds. The van der Waals surface area contributed by atoms with Gasteiger partial charge in [-0.2, -0.15) is 0 Å². The first-order chi connectivity index (χ1) is 9.13. The van der Waals surface area contributed by atoms with E-state index in [1.807, 2.05) is 0 Å². The van der Waals surface area contributed by atoms with Gasteiger partial charge in [-0.3, -0.25) is 4.79 Å². The second-order valence-electron chi connectivity index (χ2n) is 3.84. The van der Waals surface area contributed by atoms with E-state index < -0.39 is 5.97 Å². The number of rotatable bonds is 3. The SMILES string of the molecule is CCOC(=O)c1c[nH]cc(-c2ccc(Cl)cc2)c1=O. The first kappa shape index (κ1) is 13.4. The highest BCUT2D eigenvalue weighted by Crippen LogP contribution is 2.18. The van der Waals surface area contributed by atoms with Crippen molar-refractivity contribution in [3.8, 4) is 11.1 Å². The average molecular weight is 278 g/mol. The Hall–Kier alpha value is -2.07. The number of hydrogen-bond donors (Lipinski definition) is 1. The van der Waals surface area contributed by atoms with Crippen molar-refractivity contribution >= 4 is 17.6 Å². The normalized spacial score (nSPS) is 10.2. The van der Waals surface area contributed by atoms with Crippen molar-refractivity contribution in [3.63, 3.8) is 0 Å². The quantitative estimate of drug-likeness (QED) is 0.878. The number of carbonyl (C=O) groups excluding carboxylic acids is 1. The molecule has 0 spiro atoms. The molecule has 0 saturated heterocycles. The lowest BCUT2D eigenvalue weighted by Crippen LogP contribution is -2.19. The molecular formula is C14H12ClNO3. The third-order valence-electron chi connectivity index (χ3n) is 2.60. The van der Waals surface area contributed by atoms with Gasteiger partial charge in [0.1, 0.15) is 5.56 Å². The van der Waals surface area contributed by atoms with E-state index in [0.717, 1.165) is 0 Å². The maximum Gasteiger partial charge on any atom is 0.343 e. The lowest BCUT2D eigenvalue weighted by Gasteiger charge is -2.04. The van der Waals surface area contributed by atoms with Crippen LogP contribution in [0.5, 0.6) is 0 Å². The molecule has 1 N–H and O–H groups in total. The van der Waals surface area contributed by atoms with Crippen LogP contribution in [-0.4, -0.2) is 17.6 Å². The van der Waals surface area contributed by atoms with Gasteiger partial charge in [0.2, 0.25) is 5.43 Å². The molecule has 2 rings (SSSR count). The Morgan fingerprint density at radius 3 is 2.58 bits per heavy atom. The third kappa shape index (κ3) is 2.85. The van der Waals surface area contributed by atoms with Crippen LogP contribution in [0.1, 0.15) is 17.3 Å². The number of carbonyl (C=O) groups is 1. The number of esters is 1. The van der Waals surface area contributed by atoms with Gasteiger partial charge in [0, 0.05) is 23.0 Å². The van der Waals surface area contributed by atoms with Crippen LogP contribution in [0.4, 0.5) is 0 Å². The molecule has 0 aliphatic rings. The highest BCUT2D eigenvalue weighted by molar-refractivity contribution is 6.30. The topological polar surface area (TPSA) is 59.2 Å². The van der Waals surface area contributed by atoms with Crippen LogP contribution in [0.25, 0.3) is 11.1 Å².